The second kappa shape index (κ2) is 19.5. The number of hydrogen-bond acceptors (Lipinski definition) is 5. The van der Waals surface area contributed by atoms with Crippen LogP contribution in [0.25, 0.3) is 0 Å². The van der Waals surface area contributed by atoms with Crippen molar-refractivity contribution in [3.63, 3.8) is 0 Å². The summed E-state index contributed by atoms with van der Waals surface area (Å²) in [7, 11) is -3.60. The number of carbonyl (C=O) groups is 2. The Morgan fingerprint density at radius 3 is 1.94 bits per heavy atom. The molecule has 0 aliphatic heterocycles. The lowest BCUT2D eigenvalue weighted by Crippen LogP contribution is -2.44. The third-order valence-electron chi connectivity index (χ3n) is 4.90. The summed E-state index contributed by atoms with van der Waals surface area (Å²) in [6.45, 7) is 1.59. The Bertz CT molecular complexity index is 548. The van der Waals surface area contributed by atoms with Crippen LogP contribution >= 0.6 is 7.82 Å². The van der Waals surface area contributed by atoms with E-state index in [1.165, 1.54) is 44.9 Å². The average Bonchev–Trinajstić information content (AvgIpc) is 2.72. The summed E-state index contributed by atoms with van der Waals surface area (Å²) >= 11 is 0. The van der Waals surface area contributed by atoms with Gasteiger partial charge in [-0.15, -0.1) is 0 Å². The second-order valence-corrected chi connectivity index (χ2v) is 9.00. The topological polar surface area (TPSA) is 122 Å². The molecule has 0 aromatic carbocycles. The maximum atomic E-state index is 12.0. The molecule has 1 amide bonds. The van der Waals surface area contributed by atoms with Crippen molar-refractivity contribution >= 4 is 19.7 Å². The number of methoxy groups -OCH3 is 1. The largest absolute Gasteiger partial charge is 0.469 e. The van der Waals surface area contributed by atoms with E-state index >= 15 is 0 Å². The van der Waals surface area contributed by atoms with Crippen molar-refractivity contribution in [3.05, 3.63) is 12.2 Å². The number of rotatable bonds is 20. The molecule has 0 spiro atoms. The van der Waals surface area contributed by atoms with E-state index in [0.29, 0.717) is 6.42 Å². The predicted octanol–water partition coefficient (Wildman–Crippen LogP) is 4.79. The van der Waals surface area contributed by atoms with Gasteiger partial charge in [-0.25, -0.2) is 9.36 Å². The molecule has 1 atom stereocenters. The number of hydrogen-bond donors (Lipinski definition) is 3. The van der Waals surface area contributed by atoms with Crippen LogP contribution in [0.1, 0.15) is 96.8 Å². The Hall–Kier alpha value is -1.21. The molecule has 0 aromatic rings. The number of phosphoric acid groups is 1. The molecule has 0 saturated carbocycles. The van der Waals surface area contributed by atoms with E-state index in [1.54, 1.807) is 0 Å². The highest BCUT2D eigenvalue weighted by molar-refractivity contribution is 7.46. The van der Waals surface area contributed by atoms with Crippen LogP contribution in [-0.4, -0.2) is 41.4 Å². The highest BCUT2D eigenvalue weighted by Crippen LogP contribution is 2.35. The summed E-state index contributed by atoms with van der Waals surface area (Å²) in [5.41, 5.74) is 0. The smallest absolute Gasteiger partial charge is 0.467 e. The summed E-state index contributed by atoms with van der Waals surface area (Å²) < 4.78 is 19.6. The zero-order chi connectivity index (χ0) is 23.4. The van der Waals surface area contributed by atoms with Crippen LogP contribution in [0.3, 0.4) is 0 Å². The molecule has 0 aliphatic carbocycles. The van der Waals surface area contributed by atoms with Crippen molar-refractivity contribution < 1.29 is 33.2 Å². The summed E-state index contributed by atoms with van der Waals surface area (Å²) in [6.07, 6.45) is 19.9. The number of nitrogens with one attached hydrogen (secondary N) is 1. The van der Waals surface area contributed by atoms with Gasteiger partial charge in [-0.3, -0.25) is 9.32 Å². The van der Waals surface area contributed by atoms with Crippen LogP contribution < -0.4 is 5.32 Å². The molecule has 0 rings (SSSR count). The maximum absolute atomic E-state index is 12.0. The van der Waals surface area contributed by atoms with Crippen molar-refractivity contribution in [3.8, 4) is 0 Å². The molecule has 0 unspecified atom stereocenters. The van der Waals surface area contributed by atoms with Crippen LogP contribution in [-0.2, 0) is 23.4 Å². The molecule has 182 valence electrons. The van der Waals surface area contributed by atoms with Gasteiger partial charge in [-0.2, -0.15) is 0 Å². The molecular formula is C22H42NO7P. The van der Waals surface area contributed by atoms with Crippen LogP contribution in [0.4, 0.5) is 0 Å². The first-order valence-corrected chi connectivity index (χ1v) is 13.1. The molecule has 0 saturated heterocycles. The lowest BCUT2D eigenvalue weighted by Gasteiger charge is -2.16. The first-order valence-electron chi connectivity index (χ1n) is 11.5. The summed E-state index contributed by atoms with van der Waals surface area (Å²) in [5, 5.41) is 2.40. The van der Waals surface area contributed by atoms with Crippen LogP contribution in [0.15, 0.2) is 12.2 Å². The predicted molar refractivity (Wildman–Crippen MR) is 121 cm³/mol. The van der Waals surface area contributed by atoms with Crippen LogP contribution in [0.5, 0.6) is 0 Å². The lowest BCUT2D eigenvalue weighted by molar-refractivity contribution is -0.146. The Balaban J connectivity index is 3.72. The zero-order valence-electron chi connectivity index (χ0n) is 19.2. The highest BCUT2D eigenvalue weighted by Gasteiger charge is 2.25. The molecule has 0 heterocycles. The third-order valence-corrected chi connectivity index (χ3v) is 5.38. The maximum Gasteiger partial charge on any atom is 0.469 e. The van der Waals surface area contributed by atoms with Crippen molar-refractivity contribution in [1.29, 1.82) is 0 Å². The first-order chi connectivity index (χ1) is 14.8. The lowest BCUT2D eigenvalue weighted by atomic mass is 10.1. The SMILES string of the molecule is CCCCCCCC/C=C\CCCCCCCC(=O)N[C@@H](COP(=O)(O)O)C(=O)OC. The van der Waals surface area contributed by atoms with Gasteiger partial charge in [-0.1, -0.05) is 70.4 Å². The minimum Gasteiger partial charge on any atom is -0.467 e. The van der Waals surface area contributed by atoms with Crippen molar-refractivity contribution in [2.24, 2.45) is 0 Å². The standard InChI is InChI=1S/C22H42NO7P/c1-3-4-5-6-7-8-9-10-11-12-13-14-15-16-17-18-21(24)23-20(22(25)29-2)19-30-31(26,27)28/h10-11,20H,3-9,12-19H2,1-2H3,(H,23,24)(H2,26,27,28)/b11-10-/t20-/m0/s1. The number of carbonyl (C=O) groups excluding carboxylic acids is 2. The van der Waals surface area contributed by atoms with Crippen molar-refractivity contribution in [2.45, 2.75) is 103 Å². The van der Waals surface area contributed by atoms with Crippen LogP contribution in [0, 0.1) is 0 Å². The van der Waals surface area contributed by atoms with Gasteiger partial charge in [-0.05, 0) is 32.1 Å². The molecule has 8 nitrogen and oxygen atoms in total. The monoisotopic (exact) mass is 463 g/mol. The van der Waals surface area contributed by atoms with Gasteiger partial charge in [0.1, 0.15) is 0 Å². The molecule has 0 aliphatic rings. The van der Waals surface area contributed by atoms with Gasteiger partial charge in [0.2, 0.25) is 5.91 Å². The summed E-state index contributed by atoms with van der Waals surface area (Å²) in [6, 6.07) is -1.24. The van der Waals surface area contributed by atoms with Gasteiger partial charge in [0, 0.05) is 6.42 Å². The zero-order valence-corrected chi connectivity index (χ0v) is 20.1. The molecule has 0 fully saturated rings. The summed E-state index contributed by atoms with van der Waals surface area (Å²) in [5.74, 6) is -1.19. The fourth-order valence-corrected chi connectivity index (χ4v) is 3.45. The van der Waals surface area contributed by atoms with E-state index in [0.717, 1.165) is 39.2 Å². The Morgan fingerprint density at radius 1 is 0.903 bits per heavy atom. The van der Waals surface area contributed by atoms with Gasteiger partial charge < -0.3 is 19.8 Å². The van der Waals surface area contributed by atoms with E-state index in [1.807, 2.05) is 0 Å². The van der Waals surface area contributed by atoms with E-state index < -0.39 is 26.4 Å². The fourth-order valence-electron chi connectivity index (χ4n) is 3.11. The van der Waals surface area contributed by atoms with E-state index in [-0.39, 0.29) is 12.3 Å². The van der Waals surface area contributed by atoms with Crippen molar-refractivity contribution in [1.82, 2.24) is 5.32 Å². The number of esters is 1. The first kappa shape index (κ1) is 29.8. The molecule has 31 heavy (non-hydrogen) atoms. The van der Waals surface area contributed by atoms with Gasteiger partial charge >= 0.3 is 13.8 Å². The van der Waals surface area contributed by atoms with Gasteiger partial charge in [0.25, 0.3) is 0 Å². The quantitative estimate of drug-likeness (QED) is 0.103. The molecule has 0 aromatic heterocycles. The third kappa shape index (κ3) is 20.4. The molecule has 0 radical (unpaired) electrons. The van der Waals surface area contributed by atoms with E-state index in [4.69, 9.17) is 9.79 Å². The Morgan fingerprint density at radius 2 is 1.42 bits per heavy atom. The number of ether oxygens (including phenoxy) is 1. The Labute approximate surface area is 187 Å². The molecule has 3 N–H and O–H groups in total. The highest BCUT2D eigenvalue weighted by atomic mass is 31.2. The average molecular weight is 464 g/mol. The van der Waals surface area contributed by atoms with E-state index in [2.05, 4.69) is 33.7 Å². The fraction of sp³-hybridized carbons (Fsp3) is 0.818. The van der Waals surface area contributed by atoms with Gasteiger partial charge in [0.15, 0.2) is 6.04 Å². The number of amides is 1. The number of unbranched alkanes of at least 4 members (excludes halogenated alkanes) is 11. The minimum atomic E-state index is -4.73. The van der Waals surface area contributed by atoms with Crippen LogP contribution in [0.2, 0.25) is 0 Å². The molecule has 9 heteroatoms. The van der Waals surface area contributed by atoms with Gasteiger partial charge in [0.05, 0.1) is 13.7 Å². The van der Waals surface area contributed by atoms with Crippen molar-refractivity contribution in [2.75, 3.05) is 13.7 Å². The van der Waals surface area contributed by atoms with E-state index in [9.17, 15) is 14.2 Å². The number of allylic oxidation sites excluding steroid dienone is 2. The minimum absolute atomic E-state index is 0.238. The second-order valence-electron chi connectivity index (χ2n) is 7.76. The Kier molecular flexibility index (Phi) is 18.7. The number of phosphoric ester groups is 1. The summed E-state index contributed by atoms with van der Waals surface area (Å²) in [4.78, 5) is 41.0. The molecular weight excluding hydrogens is 421 g/mol. The molecule has 0 bridgehead atoms. The normalized spacial score (nSPS) is 12.8.